The molecule has 0 bridgehead atoms. The fraction of sp³-hybridized carbons (Fsp3) is 0.455. The molecule has 0 aliphatic carbocycles. The molecule has 0 amide bonds. The molecule has 2 aromatic carbocycles. The third-order valence-corrected chi connectivity index (χ3v) is 6.74. The van der Waals surface area contributed by atoms with Crippen molar-refractivity contribution in [2.75, 3.05) is 6.61 Å². The molecule has 26 heavy (non-hydrogen) atoms. The average molecular weight is 373 g/mol. The molecule has 3 nitrogen and oxygen atoms in total. The SMILES string of the molecule is CCc1ccc(Cc2cc(C3CC(O)CC(CO)S3)c(O)cc2C)cc1. The summed E-state index contributed by atoms with van der Waals surface area (Å²) in [5, 5.41) is 30.1. The number of phenols is 1. The molecule has 1 aliphatic rings. The van der Waals surface area contributed by atoms with E-state index in [4.69, 9.17) is 0 Å². The van der Waals surface area contributed by atoms with Gasteiger partial charge in [0.1, 0.15) is 5.75 Å². The maximum absolute atomic E-state index is 10.5. The van der Waals surface area contributed by atoms with Crippen molar-refractivity contribution in [3.05, 3.63) is 64.2 Å². The molecule has 0 radical (unpaired) electrons. The fourth-order valence-electron chi connectivity index (χ4n) is 3.63. The summed E-state index contributed by atoms with van der Waals surface area (Å²) in [5.74, 6) is 0.288. The zero-order valence-corrected chi connectivity index (χ0v) is 16.3. The van der Waals surface area contributed by atoms with Gasteiger partial charge in [-0.2, -0.15) is 0 Å². The summed E-state index contributed by atoms with van der Waals surface area (Å²) in [6.07, 6.45) is 2.66. The molecule has 0 aromatic heterocycles. The van der Waals surface area contributed by atoms with Gasteiger partial charge in [0.15, 0.2) is 0 Å². The van der Waals surface area contributed by atoms with Crippen LogP contribution in [0.15, 0.2) is 36.4 Å². The normalized spacial score (nSPS) is 23.2. The van der Waals surface area contributed by atoms with Gasteiger partial charge < -0.3 is 15.3 Å². The van der Waals surface area contributed by atoms with Gasteiger partial charge in [-0.05, 0) is 60.9 Å². The van der Waals surface area contributed by atoms with Gasteiger partial charge in [0, 0.05) is 16.1 Å². The van der Waals surface area contributed by atoms with E-state index < -0.39 is 6.10 Å². The Labute approximate surface area is 160 Å². The molecular formula is C22H28O3S. The van der Waals surface area contributed by atoms with Crippen LogP contribution in [0, 0.1) is 6.92 Å². The largest absolute Gasteiger partial charge is 0.508 e. The van der Waals surface area contributed by atoms with E-state index in [-0.39, 0.29) is 22.9 Å². The number of benzene rings is 2. The Hall–Kier alpha value is -1.49. The van der Waals surface area contributed by atoms with Crippen molar-refractivity contribution in [3.63, 3.8) is 0 Å². The number of phenolic OH excluding ortho intramolecular Hbond substituents is 1. The summed E-state index contributed by atoms with van der Waals surface area (Å²) in [7, 11) is 0. The second kappa shape index (κ2) is 8.47. The monoisotopic (exact) mass is 372 g/mol. The molecule has 4 heteroatoms. The van der Waals surface area contributed by atoms with Gasteiger partial charge in [-0.25, -0.2) is 0 Å². The molecule has 3 rings (SSSR count). The van der Waals surface area contributed by atoms with E-state index in [2.05, 4.69) is 37.3 Å². The highest BCUT2D eigenvalue weighted by Gasteiger charge is 2.30. The van der Waals surface area contributed by atoms with Crippen LogP contribution in [0.4, 0.5) is 0 Å². The maximum Gasteiger partial charge on any atom is 0.120 e. The molecule has 3 unspecified atom stereocenters. The molecule has 1 heterocycles. The number of aliphatic hydroxyl groups is 2. The second-order valence-corrected chi connectivity index (χ2v) is 8.75. The van der Waals surface area contributed by atoms with Crippen LogP contribution in [0.5, 0.6) is 5.75 Å². The standard InChI is InChI=1S/C22H28O3S/c1-3-15-4-6-16(7-5-15)9-17-10-20(21(25)8-14(17)2)22-12-18(24)11-19(13-23)26-22/h4-8,10,18-19,22-25H,3,9,11-13H2,1-2H3. The molecule has 3 atom stereocenters. The minimum atomic E-state index is -0.427. The molecule has 1 fully saturated rings. The van der Waals surface area contributed by atoms with Crippen molar-refractivity contribution in [1.29, 1.82) is 0 Å². The summed E-state index contributed by atoms with van der Waals surface area (Å²) in [4.78, 5) is 0. The maximum atomic E-state index is 10.5. The number of aromatic hydroxyl groups is 1. The van der Waals surface area contributed by atoms with E-state index in [1.54, 1.807) is 11.8 Å². The summed E-state index contributed by atoms with van der Waals surface area (Å²) in [5.41, 5.74) is 5.73. The first-order valence-corrected chi connectivity index (χ1v) is 10.3. The first kappa shape index (κ1) is 19.3. The van der Waals surface area contributed by atoms with E-state index in [1.807, 2.05) is 13.0 Å². The topological polar surface area (TPSA) is 60.7 Å². The summed E-state index contributed by atoms with van der Waals surface area (Å²) >= 11 is 1.66. The summed E-state index contributed by atoms with van der Waals surface area (Å²) in [6.45, 7) is 4.24. The van der Waals surface area contributed by atoms with Gasteiger partial charge in [-0.3, -0.25) is 0 Å². The Balaban J connectivity index is 1.86. The predicted molar refractivity (Wildman–Crippen MR) is 108 cm³/mol. The second-order valence-electron chi connectivity index (χ2n) is 7.24. The molecule has 2 aromatic rings. The van der Waals surface area contributed by atoms with Crippen molar-refractivity contribution < 1.29 is 15.3 Å². The van der Waals surface area contributed by atoms with Gasteiger partial charge in [0.2, 0.25) is 0 Å². The molecule has 0 spiro atoms. The minimum Gasteiger partial charge on any atom is -0.508 e. The van der Waals surface area contributed by atoms with Crippen molar-refractivity contribution in [2.24, 2.45) is 0 Å². The lowest BCUT2D eigenvalue weighted by atomic mass is 9.94. The van der Waals surface area contributed by atoms with Crippen LogP contribution in [0.1, 0.15) is 52.8 Å². The van der Waals surface area contributed by atoms with E-state index in [0.29, 0.717) is 12.8 Å². The molecule has 1 saturated heterocycles. The predicted octanol–water partition coefficient (Wildman–Crippen LogP) is 4.14. The van der Waals surface area contributed by atoms with Crippen LogP contribution in [0.3, 0.4) is 0 Å². The Morgan fingerprint density at radius 3 is 2.42 bits per heavy atom. The Bertz CT molecular complexity index is 742. The highest BCUT2D eigenvalue weighted by Crippen LogP contribution is 2.46. The van der Waals surface area contributed by atoms with Gasteiger partial charge >= 0.3 is 0 Å². The number of aryl methyl sites for hydroxylation is 2. The zero-order chi connectivity index (χ0) is 18.7. The highest BCUT2D eigenvalue weighted by atomic mass is 32.2. The van der Waals surface area contributed by atoms with Crippen LogP contribution in [-0.4, -0.2) is 33.3 Å². The fourth-order valence-corrected chi connectivity index (χ4v) is 5.18. The van der Waals surface area contributed by atoms with Crippen molar-refractivity contribution >= 4 is 11.8 Å². The number of hydrogen-bond acceptors (Lipinski definition) is 4. The number of rotatable bonds is 5. The van der Waals surface area contributed by atoms with Gasteiger partial charge in [0.25, 0.3) is 0 Å². The van der Waals surface area contributed by atoms with Crippen molar-refractivity contribution in [3.8, 4) is 5.75 Å². The van der Waals surface area contributed by atoms with E-state index in [0.717, 1.165) is 24.0 Å². The smallest absolute Gasteiger partial charge is 0.120 e. The van der Waals surface area contributed by atoms with E-state index in [9.17, 15) is 15.3 Å². The Morgan fingerprint density at radius 1 is 1.08 bits per heavy atom. The molecule has 3 N–H and O–H groups in total. The first-order valence-electron chi connectivity index (χ1n) is 9.34. The first-order chi connectivity index (χ1) is 12.5. The molecular weight excluding hydrogens is 344 g/mol. The number of hydrogen-bond donors (Lipinski definition) is 3. The van der Waals surface area contributed by atoms with Gasteiger partial charge in [0.05, 0.1) is 12.7 Å². The molecule has 1 aliphatic heterocycles. The lowest BCUT2D eigenvalue weighted by Crippen LogP contribution is -2.26. The third kappa shape index (κ3) is 4.43. The van der Waals surface area contributed by atoms with Gasteiger partial charge in [-0.1, -0.05) is 37.3 Å². The number of aliphatic hydroxyl groups excluding tert-OH is 2. The highest BCUT2D eigenvalue weighted by molar-refractivity contribution is 8.00. The van der Waals surface area contributed by atoms with Crippen molar-refractivity contribution in [2.45, 2.75) is 56.1 Å². The lowest BCUT2D eigenvalue weighted by Gasteiger charge is -2.32. The summed E-state index contributed by atoms with van der Waals surface area (Å²) in [6, 6.07) is 12.6. The lowest BCUT2D eigenvalue weighted by molar-refractivity contribution is 0.137. The number of thioether (sulfide) groups is 1. The minimum absolute atomic E-state index is 0.0118. The Kier molecular flexibility index (Phi) is 6.28. The average Bonchev–Trinajstić information content (AvgIpc) is 2.64. The van der Waals surface area contributed by atoms with Crippen molar-refractivity contribution in [1.82, 2.24) is 0 Å². The third-order valence-electron chi connectivity index (χ3n) is 5.24. The quantitative estimate of drug-likeness (QED) is 0.738. The van der Waals surface area contributed by atoms with E-state index in [1.165, 1.54) is 16.7 Å². The van der Waals surface area contributed by atoms with Crippen LogP contribution in [0.25, 0.3) is 0 Å². The van der Waals surface area contributed by atoms with Gasteiger partial charge in [-0.15, -0.1) is 11.8 Å². The zero-order valence-electron chi connectivity index (χ0n) is 15.5. The molecule has 0 saturated carbocycles. The van der Waals surface area contributed by atoms with Crippen LogP contribution >= 0.6 is 11.8 Å². The summed E-state index contributed by atoms with van der Waals surface area (Å²) < 4.78 is 0. The van der Waals surface area contributed by atoms with Crippen LogP contribution in [-0.2, 0) is 12.8 Å². The molecule has 140 valence electrons. The van der Waals surface area contributed by atoms with Crippen LogP contribution < -0.4 is 0 Å². The Morgan fingerprint density at radius 2 is 1.77 bits per heavy atom. The van der Waals surface area contributed by atoms with Crippen LogP contribution in [0.2, 0.25) is 0 Å². The van der Waals surface area contributed by atoms with E-state index >= 15 is 0 Å².